The third-order valence-electron chi connectivity index (χ3n) is 4.01. The van der Waals surface area contributed by atoms with E-state index in [4.69, 9.17) is 10.5 Å². The highest BCUT2D eigenvalue weighted by atomic mass is 16.5. The number of nitrogens with two attached hydrogens (primary N) is 1. The lowest BCUT2D eigenvalue weighted by Crippen LogP contribution is -2.37. The van der Waals surface area contributed by atoms with Crippen LogP contribution in [0.5, 0.6) is 5.75 Å². The molecule has 1 aromatic carbocycles. The van der Waals surface area contributed by atoms with E-state index in [2.05, 4.69) is 38.1 Å². The summed E-state index contributed by atoms with van der Waals surface area (Å²) in [4.78, 5) is 0. The molecular weight excluding hydrogens is 222 g/mol. The van der Waals surface area contributed by atoms with Gasteiger partial charge in [0.15, 0.2) is 0 Å². The molecule has 0 saturated heterocycles. The Morgan fingerprint density at radius 3 is 2.33 bits per heavy atom. The van der Waals surface area contributed by atoms with Crippen LogP contribution in [0.25, 0.3) is 0 Å². The van der Waals surface area contributed by atoms with E-state index in [0.717, 1.165) is 31.6 Å². The third kappa shape index (κ3) is 3.49. The zero-order valence-electron chi connectivity index (χ0n) is 11.6. The van der Waals surface area contributed by atoms with E-state index >= 15 is 0 Å². The van der Waals surface area contributed by atoms with Crippen molar-refractivity contribution in [2.45, 2.75) is 57.4 Å². The number of benzene rings is 1. The highest BCUT2D eigenvalue weighted by molar-refractivity contribution is 5.28. The predicted molar refractivity (Wildman–Crippen MR) is 76.0 cm³/mol. The van der Waals surface area contributed by atoms with Crippen molar-refractivity contribution in [3.05, 3.63) is 29.8 Å². The van der Waals surface area contributed by atoms with Crippen molar-refractivity contribution in [3.63, 3.8) is 0 Å². The molecule has 0 bridgehead atoms. The fraction of sp³-hybridized carbons (Fsp3) is 0.625. The molecule has 2 rings (SSSR count). The number of hydrogen-bond acceptors (Lipinski definition) is 2. The summed E-state index contributed by atoms with van der Waals surface area (Å²) >= 11 is 0. The Kier molecular flexibility index (Phi) is 4.28. The van der Waals surface area contributed by atoms with Gasteiger partial charge in [-0.1, -0.05) is 38.8 Å². The van der Waals surface area contributed by atoms with Gasteiger partial charge in [-0.25, -0.2) is 0 Å². The Balaban J connectivity index is 1.79. The first-order valence-corrected chi connectivity index (χ1v) is 7.11. The summed E-state index contributed by atoms with van der Waals surface area (Å²) in [5.41, 5.74) is 7.70. The molecule has 0 spiro atoms. The van der Waals surface area contributed by atoms with E-state index in [-0.39, 0.29) is 5.54 Å². The van der Waals surface area contributed by atoms with Crippen LogP contribution in [0.2, 0.25) is 0 Å². The van der Waals surface area contributed by atoms with Crippen molar-refractivity contribution in [2.75, 3.05) is 6.61 Å². The van der Waals surface area contributed by atoms with Crippen molar-refractivity contribution < 1.29 is 4.74 Å². The zero-order valence-corrected chi connectivity index (χ0v) is 11.6. The van der Waals surface area contributed by atoms with Crippen LogP contribution in [-0.2, 0) is 0 Å². The molecule has 0 unspecified atom stereocenters. The van der Waals surface area contributed by atoms with Crippen LogP contribution in [0, 0.1) is 0 Å². The van der Waals surface area contributed by atoms with Crippen LogP contribution in [0.3, 0.4) is 0 Å². The first-order chi connectivity index (χ1) is 8.59. The van der Waals surface area contributed by atoms with Gasteiger partial charge in [-0.2, -0.15) is 0 Å². The minimum atomic E-state index is 0.0396. The van der Waals surface area contributed by atoms with E-state index in [1.807, 2.05) is 0 Å². The summed E-state index contributed by atoms with van der Waals surface area (Å²) < 4.78 is 5.79. The summed E-state index contributed by atoms with van der Waals surface area (Å²) in [6, 6.07) is 8.42. The second-order valence-corrected chi connectivity index (χ2v) is 5.89. The van der Waals surface area contributed by atoms with E-state index < -0.39 is 0 Å². The molecule has 1 aliphatic rings. The Morgan fingerprint density at radius 1 is 1.17 bits per heavy atom. The van der Waals surface area contributed by atoms with Crippen LogP contribution in [0.1, 0.15) is 57.4 Å². The first-order valence-electron chi connectivity index (χ1n) is 7.11. The van der Waals surface area contributed by atoms with Gasteiger partial charge < -0.3 is 10.5 Å². The van der Waals surface area contributed by atoms with Crippen LogP contribution in [-0.4, -0.2) is 12.1 Å². The molecule has 2 nitrogen and oxygen atoms in total. The molecule has 2 N–H and O–H groups in total. The van der Waals surface area contributed by atoms with Crippen molar-refractivity contribution >= 4 is 0 Å². The highest BCUT2D eigenvalue weighted by Gasteiger charge is 2.28. The molecule has 0 atom stereocenters. The number of hydrogen-bond donors (Lipinski definition) is 1. The molecule has 0 aromatic heterocycles. The molecule has 1 aromatic rings. The maximum absolute atomic E-state index is 6.31. The molecular formula is C16H25NO. The van der Waals surface area contributed by atoms with Gasteiger partial charge in [-0.05, 0) is 42.9 Å². The van der Waals surface area contributed by atoms with Crippen molar-refractivity contribution in [1.82, 2.24) is 0 Å². The number of rotatable bonds is 5. The van der Waals surface area contributed by atoms with E-state index in [9.17, 15) is 0 Å². The largest absolute Gasteiger partial charge is 0.494 e. The second-order valence-electron chi connectivity index (χ2n) is 5.89. The van der Waals surface area contributed by atoms with Crippen molar-refractivity contribution in [1.29, 1.82) is 0 Å². The fourth-order valence-corrected chi connectivity index (χ4v) is 2.65. The van der Waals surface area contributed by atoms with E-state index in [1.165, 1.54) is 18.4 Å². The fourth-order valence-electron chi connectivity index (χ4n) is 2.65. The Morgan fingerprint density at radius 2 is 1.78 bits per heavy atom. The zero-order chi connectivity index (χ0) is 13.0. The van der Waals surface area contributed by atoms with E-state index in [0.29, 0.717) is 5.92 Å². The first kappa shape index (κ1) is 13.4. The molecule has 1 aliphatic carbocycles. The van der Waals surface area contributed by atoms with E-state index in [1.54, 1.807) is 0 Å². The van der Waals surface area contributed by atoms with Gasteiger partial charge in [0.1, 0.15) is 5.75 Å². The monoisotopic (exact) mass is 247 g/mol. The maximum Gasteiger partial charge on any atom is 0.119 e. The molecule has 100 valence electrons. The molecule has 0 amide bonds. The average Bonchev–Trinajstić information content (AvgIpc) is 2.77. The summed E-state index contributed by atoms with van der Waals surface area (Å²) in [5, 5.41) is 0. The van der Waals surface area contributed by atoms with Crippen LogP contribution in [0.15, 0.2) is 24.3 Å². The Labute approximate surface area is 111 Å². The highest BCUT2D eigenvalue weighted by Crippen LogP contribution is 2.30. The van der Waals surface area contributed by atoms with Gasteiger partial charge in [0.2, 0.25) is 0 Å². The summed E-state index contributed by atoms with van der Waals surface area (Å²) in [7, 11) is 0. The molecule has 2 heteroatoms. The van der Waals surface area contributed by atoms with Crippen molar-refractivity contribution in [3.8, 4) is 5.75 Å². The Bertz CT molecular complexity index is 363. The lowest BCUT2D eigenvalue weighted by molar-refractivity contribution is 0.258. The normalized spacial score (nSPS) is 18.2. The molecule has 0 aliphatic heterocycles. The average molecular weight is 247 g/mol. The van der Waals surface area contributed by atoms with Gasteiger partial charge >= 0.3 is 0 Å². The lowest BCUT2D eigenvalue weighted by atomic mass is 9.95. The van der Waals surface area contributed by atoms with Gasteiger partial charge in [-0.3, -0.25) is 0 Å². The molecule has 1 fully saturated rings. The minimum absolute atomic E-state index is 0.0396. The predicted octanol–water partition coefficient (Wildman–Crippen LogP) is 3.85. The summed E-state index contributed by atoms with van der Waals surface area (Å²) in [5.74, 6) is 1.53. The minimum Gasteiger partial charge on any atom is -0.494 e. The number of ether oxygens (including phenoxy) is 1. The molecule has 0 radical (unpaired) electrons. The molecule has 18 heavy (non-hydrogen) atoms. The van der Waals surface area contributed by atoms with Crippen molar-refractivity contribution in [2.24, 2.45) is 5.73 Å². The quantitative estimate of drug-likeness (QED) is 0.857. The standard InChI is InChI=1S/C16H25NO/c1-13(2)14-5-7-15(8-6-14)18-12-11-16(17)9-3-4-10-16/h5-8,13H,3-4,9-12,17H2,1-2H3. The Hall–Kier alpha value is -1.02. The lowest BCUT2D eigenvalue weighted by Gasteiger charge is -2.23. The maximum atomic E-state index is 6.31. The molecule has 0 heterocycles. The third-order valence-corrected chi connectivity index (χ3v) is 4.01. The summed E-state index contributed by atoms with van der Waals surface area (Å²) in [6.07, 6.45) is 5.84. The van der Waals surface area contributed by atoms with Gasteiger partial charge in [-0.15, -0.1) is 0 Å². The topological polar surface area (TPSA) is 35.2 Å². The second kappa shape index (κ2) is 5.75. The smallest absolute Gasteiger partial charge is 0.119 e. The summed E-state index contributed by atoms with van der Waals surface area (Å²) in [6.45, 7) is 5.14. The van der Waals surface area contributed by atoms with Crippen LogP contribution in [0.4, 0.5) is 0 Å². The van der Waals surface area contributed by atoms with Gasteiger partial charge in [0, 0.05) is 5.54 Å². The van der Waals surface area contributed by atoms with Crippen LogP contribution < -0.4 is 10.5 Å². The SMILES string of the molecule is CC(C)c1ccc(OCCC2(N)CCCC2)cc1. The van der Waals surface area contributed by atoms with Crippen LogP contribution >= 0.6 is 0 Å². The van der Waals surface area contributed by atoms with Gasteiger partial charge in [0.25, 0.3) is 0 Å². The van der Waals surface area contributed by atoms with Gasteiger partial charge in [0.05, 0.1) is 6.61 Å². The molecule has 1 saturated carbocycles.